The van der Waals surface area contributed by atoms with Crippen LogP contribution in [0.5, 0.6) is 0 Å². The van der Waals surface area contributed by atoms with Crippen molar-refractivity contribution >= 4 is 21.6 Å². The molecule has 1 amide bonds. The zero-order valence-electron chi connectivity index (χ0n) is 21.5. The summed E-state index contributed by atoms with van der Waals surface area (Å²) in [7, 11) is -3.94. The van der Waals surface area contributed by atoms with Crippen LogP contribution < -0.4 is 4.90 Å². The summed E-state index contributed by atoms with van der Waals surface area (Å²) < 4.78 is 30.5. The summed E-state index contributed by atoms with van der Waals surface area (Å²) in [4.78, 5) is 17.4. The number of nitrogens with zero attached hydrogens (tertiary/aromatic N) is 5. The van der Waals surface area contributed by atoms with E-state index in [1.54, 1.807) is 11.1 Å². The molecule has 36 heavy (non-hydrogen) atoms. The van der Waals surface area contributed by atoms with Crippen molar-refractivity contribution in [2.24, 2.45) is 0 Å². The molecule has 0 spiro atoms. The number of sulfonamides is 1. The Labute approximate surface area is 214 Å². The third-order valence-electron chi connectivity index (χ3n) is 6.70. The van der Waals surface area contributed by atoms with E-state index in [2.05, 4.69) is 42.0 Å². The molecule has 0 N–H and O–H groups in total. The summed E-state index contributed by atoms with van der Waals surface area (Å²) in [6, 6.07) is 16.0. The van der Waals surface area contributed by atoms with Crippen LogP contribution in [0.3, 0.4) is 0 Å². The van der Waals surface area contributed by atoms with E-state index in [-0.39, 0.29) is 16.5 Å². The van der Waals surface area contributed by atoms with Crippen LogP contribution in [0.1, 0.15) is 40.9 Å². The summed E-state index contributed by atoms with van der Waals surface area (Å²) in [6.45, 7) is 11.1. The molecule has 1 aliphatic heterocycles. The molecular formula is C27H35N5O3S. The van der Waals surface area contributed by atoms with Crippen LogP contribution >= 0.6 is 0 Å². The minimum absolute atomic E-state index is 0.131. The van der Waals surface area contributed by atoms with E-state index >= 15 is 0 Å². The lowest BCUT2D eigenvalue weighted by atomic mass is 10.1. The van der Waals surface area contributed by atoms with Crippen molar-refractivity contribution < 1.29 is 13.2 Å². The molecule has 1 aromatic heterocycles. The first-order chi connectivity index (χ1) is 17.2. The zero-order chi connectivity index (χ0) is 25.9. The van der Waals surface area contributed by atoms with Crippen molar-refractivity contribution in [2.75, 3.05) is 37.6 Å². The Balaban J connectivity index is 1.57. The quantitative estimate of drug-likeness (QED) is 0.463. The Morgan fingerprint density at radius 2 is 1.69 bits per heavy atom. The van der Waals surface area contributed by atoms with E-state index in [1.165, 1.54) is 20.1 Å². The molecule has 4 rings (SSSR count). The van der Waals surface area contributed by atoms with Crippen molar-refractivity contribution in [1.82, 2.24) is 19.0 Å². The van der Waals surface area contributed by atoms with Crippen LogP contribution in [0.25, 0.3) is 0 Å². The van der Waals surface area contributed by atoms with E-state index in [0.717, 1.165) is 11.3 Å². The molecular weight excluding hydrogens is 474 g/mol. The van der Waals surface area contributed by atoms with Gasteiger partial charge >= 0.3 is 0 Å². The predicted octanol–water partition coefficient (Wildman–Crippen LogP) is 3.69. The number of carbonyl (C=O) groups excluding carboxylic acids is 1. The number of amides is 1. The number of rotatable bonds is 8. The molecule has 3 aromatic rings. The number of benzene rings is 2. The van der Waals surface area contributed by atoms with Gasteiger partial charge in [0.25, 0.3) is 15.9 Å². The molecule has 1 aliphatic rings. The largest absolute Gasteiger partial charge is 0.369 e. The SMILES string of the molecule is CCN(Cc1ccccc1)C(=O)c1cn(CC)nc1S(=O)(=O)N1CCN(c2cc(C)ccc2C)CC1. The standard InChI is InChI=1S/C27H35N5O3S/c1-5-29(19-23-10-8-7-9-11-23)27(33)24-20-31(6-2)28-26(24)36(34,35)32-16-14-30(15-17-32)25-18-21(3)12-13-22(25)4/h7-13,18,20H,5-6,14-17,19H2,1-4H3. The van der Waals surface area contributed by atoms with Crippen molar-refractivity contribution in [1.29, 1.82) is 0 Å². The van der Waals surface area contributed by atoms with Gasteiger partial charge in [-0.1, -0.05) is 42.5 Å². The van der Waals surface area contributed by atoms with Crippen LogP contribution in [0.2, 0.25) is 0 Å². The van der Waals surface area contributed by atoms with Crippen LogP contribution in [-0.2, 0) is 23.1 Å². The summed E-state index contributed by atoms with van der Waals surface area (Å²) in [6.07, 6.45) is 1.56. The smallest absolute Gasteiger partial charge is 0.263 e. The van der Waals surface area contributed by atoms with Crippen molar-refractivity contribution in [3.05, 3.63) is 77.0 Å². The summed E-state index contributed by atoms with van der Waals surface area (Å²) in [5, 5.41) is 4.20. The predicted molar refractivity (Wildman–Crippen MR) is 142 cm³/mol. The van der Waals surface area contributed by atoms with Gasteiger partial charge in [-0.25, -0.2) is 8.42 Å². The average molecular weight is 510 g/mol. The number of hydrogen-bond acceptors (Lipinski definition) is 5. The van der Waals surface area contributed by atoms with Gasteiger partial charge in [0.05, 0.1) is 5.56 Å². The first-order valence-corrected chi connectivity index (χ1v) is 13.9. The highest BCUT2D eigenvalue weighted by atomic mass is 32.2. The monoisotopic (exact) mass is 509 g/mol. The maximum absolute atomic E-state index is 13.7. The highest BCUT2D eigenvalue weighted by molar-refractivity contribution is 7.89. The van der Waals surface area contributed by atoms with Gasteiger partial charge in [-0.2, -0.15) is 9.40 Å². The molecule has 0 unspecified atom stereocenters. The van der Waals surface area contributed by atoms with Gasteiger partial charge in [-0.15, -0.1) is 0 Å². The number of piperazine rings is 1. The molecule has 8 nitrogen and oxygen atoms in total. The molecule has 0 aliphatic carbocycles. The number of anilines is 1. The van der Waals surface area contributed by atoms with Crippen molar-refractivity contribution in [3.8, 4) is 0 Å². The summed E-state index contributed by atoms with van der Waals surface area (Å²) in [5.74, 6) is -0.325. The highest BCUT2D eigenvalue weighted by Gasteiger charge is 2.36. The van der Waals surface area contributed by atoms with Crippen LogP contribution in [-0.4, -0.2) is 66.0 Å². The molecule has 0 saturated carbocycles. The normalized spacial score (nSPS) is 14.7. The van der Waals surface area contributed by atoms with Gasteiger partial charge in [0.1, 0.15) is 0 Å². The Morgan fingerprint density at radius 1 is 1.00 bits per heavy atom. The molecule has 192 valence electrons. The third kappa shape index (κ3) is 5.32. The van der Waals surface area contributed by atoms with Gasteiger partial charge in [-0.3, -0.25) is 9.48 Å². The molecule has 0 radical (unpaired) electrons. The minimum Gasteiger partial charge on any atom is -0.369 e. The van der Waals surface area contributed by atoms with Gasteiger partial charge in [0.2, 0.25) is 5.03 Å². The van der Waals surface area contributed by atoms with Gasteiger partial charge in [0, 0.05) is 57.7 Å². The maximum Gasteiger partial charge on any atom is 0.263 e. The van der Waals surface area contributed by atoms with Crippen LogP contribution in [0.15, 0.2) is 59.8 Å². The number of aromatic nitrogens is 2. The molecule has 9 heteroatoms. The zero-order valence-corrected chi connectivity index (χ0v) is 22.3. The Kier molecular flexibility index (Phi) is 7.80. The topological polar surface area (TPSA) is 78.8 Å². The third-order valence-corrected chi connectivity index (χ3v) is 8.53. The lowest BCUT2D eigenvalue weighted by molar-refractivity contribution is 0.0748. The summed E-state index contributed by atoms with van der Waals surface area (Å²) in [5.41, 5.74) is 4.60. The Bertz CT molecular complexity index is 1310. The number of carbonyl (C=O) groups is 1. The first kappa shape index (κ1) is 25.9. The second-order valence-electron chi connectivity index (χ2n) is 9.19. The molecule has 1 saturated heterocycles. The molecule has 2 heterocycles. The fourth-order valence-corrected chi connectivity index (χ4v) is 6.07. The van der Waals surface area contributed by atoms with E-state index in [4.69, 9.17) is 0 Å². The summed E-state index contributed by atoms with van der Waals surface area (Å²) >= 11 is 0. The van der Waals surface area contributed by atoms with Crippen LogP contribution in [0, 0.1) is 13.8 Å². The molecule has 0 bridgehead atoms. The van der Waals surface area contributed by atoms with E-state index in [1.807, 2.05) is 44.2 Å². The Hall–Kier alpha value is -3.17. The average Bonchev–Trinajstić information content (AvgIpc) is 3.35. The fourth-order valence-electron chi connectivity index (χ4n) is 4.56. The van der Waals surface area contributed by atoms with Gasteiger partial charge in [-0.05, 0) is 50.5 Å². The fraction of sp³-hybridized carbons (Fsp3) is 0.407. The Morgan fingerprint density at radius 3 is 2.33 bits per heavy atom. The van der Waals surface area contributed by atoms with Crippen molar-refractivity contribution in [2.45, 2.75) is 45.8 Å². The minimum atomic E-state index is -3.94. The number of hydrogen-bond donors (Lipinski definition) is 0. The first-order valence-electron chi connectivity index (χ1n) is 12.5. The van der Waals surface area contributed by atoms with E-state index < -0.39 is 10.0 Å². The van der Waals surface area contributed by atoms with Crippen LogP contribution in [0.4, 0.5) is 5.69 Å². The lowest BCUT2D eigenvalue weighted by Gasteiger charge is -2.36. The van der Waals surface area contributed by atoms with E-state index in [0.29, 0.717) is 45.8 Å². The second kappa shape index (κ2) is 10.8. The lowest BCUT2D eigenvalue weighted by Crippen LogP contribution is -2.49. The van der Waals surface area contributed by atoms with Gasteiger partial charge in [0.15, 0.2) is 0 Å². The van der Waals surface area contributed by atoms with Gasteiger partial charge < -0.3 is 9.80 Å². The molecule has 0 atom stereocenters. The second-order valence-corrected chi connectivity index (χ2v) is 11.0. The number of aryl methyl sites for hydroxylation is 3. The maximum atomic E-state index is 13.7. The van der Waals surface area contributed by atoms with E-state index in [9.17, 15) is 13.2 Å². The highest BCUT2D eigenvalue weighted by Crippen LogP contribution is 2.26. The molecule has 1 fully saturated rings. The van der Waals surface area contributed by atoms with Crippen molar-refractivity contribution in [3.63, 3.8) is 0 Å². The molecule has 2 aromatic carbocycles.